The quantitative estimate of drug-likeness (QED) is 0.677. The molecule has 0 fully saturated rings. The molecule has 0 radical (unpaired) electrons. The number of fused-ring (bicyclic) bond motifs is 1. The number of carbonyl (C=O) groups excluding carboxylic acids is 1. The molecule has 2 heterocycles. The van der Waals surface area contributed by atoms with E-state index in [1.54, 1.807) is 25.3 Å². The van der Waals surface area contributed by atoms with Gasteiger partial charge in [-0.05, 0) is 47.1 Å². The van der Waals surface area contributed by atoms with Crippen molar-refractivity contribution in [2.45, 2.75) is 6.92 Å². The summed E-state index contributed by atoms with van der Waals surface area (Å²) in [5.74, 6) is -5.10. The summed E-state index contributed by atoms with van der Waals surface area (Å²) < 4.78 is 42.1. The van der Waals surface area contributed by atoms with Gasteiger partial charge in [-0.1, -0.05) is 0 Å². The van der Waals surface area contributed by atoms with Crippen molar-refractivity contribution in [2.75, 3.05) is 5.32 Å². The van der Waals surface area contributed by atoms with Crippen LogP contribution < -0.4 is 5.32 Å². The van der Waals surface area contributed by atoms with Crippen molar-refractivity contribution in [3.05, 3.63) is 63.8 Å². The predicted octanol–water partition coefficient (Wildman–Crippen LogP) is 4.07. The molecule has 1 amide bonds. The second-order valence-electron chi connectivity index (χ2n) is 4.80. The summed E-state index contributed by atoms with van der Waals surface area (Å²) in [6.07, 6.45) is 1.63. The zero-order chi connectivity index (χ0) is 16.7. The fraction of sp³-hybridized carbons (Fsp3) is 0.0667. The third-order valence-electron chi connectivity index (χ3n) is 3.26. The zero-order valence-electron chi connectivity index (χ0n) is 11.7. The fourth-order valence-corrected chi connectivity index (χ4v) is 2.55. The number of benzene rings is 1. The average molecular weight is 384 g/mol. The molecule has 0 aliphatic carbocycles. The average Bonchev–Trinajstić information content (AvgIpc) is 2.83. The van der Waals surface area contributed by atoms with Crippen molar-refractivity contribution >= 4 is 33.2 Å². The van der Waals surface area contributed by atoms with Gasteiger partial charge < -0.3 is 5.32 Å². The summed E-state index contributed by atoms with van der Waals surface area (Å²) >= 11 is 3.29. The maximum absolute atomic E-state index is 13.7. The highest BCUT2D eigenvalue weighted by molar-refractivity contribution is 9.10. The Morgan fingerprint density at radius 2 is 1.91 bits per heavy atom. The fourth-order valence-electron chi connectivity index (χ4n) is 2.21. The lowest BCUT2D eigenvalue weighted by atomic mass is 10.2. The Hall–Kier alpha value is -2.35. The van der Waals surface area contributed by atoms with Crippen molar-refractivity contribution in [1.82, 2.24) is 9.38 Å². The number of imidazole rings is 1. The van der Waals surface area contributed by atoms with Crippen LogP contribution in [0.5, 0.6) is 0 Å². The number of nitrogens with one attached hydrogen (secondary N) is 1. The van der Waals surface area contributed by atoms with Gasteiger partial charge in [-0.3, -0.25) is 9.20 Å². The lowest BCUT2D eigenvalue weighted by molar-refractivity contribution is 0.102. The van der Waals surface area contributed by atoms with E-state index < -0.39 is 29.0 Å². The molecule has 1 aromatic carbocycles. The van der Waals surface area contributed by atoms with Crippen LogP contribution in [0.2, 0.25) is 0 Å². The van der Waals surface area contributed by atoms with Crippen LogP contribution >= 0.6 is 15.9 Å². The van der Waals surface area contributed by atoms with E-state index in [9.17, 15) is 18.0 Å². The second kappa shape index (κ2) is 5.69. The van der Waals surface area contributed by atoms with Crippen LogP contribution in [0.1, 0.15) is 16.2 Å². The molecule has 3 aromatic rings. The molecule has 0 bridgehead atoms. The van der Waals surface area contributed by atoms with Crippen molar-refractivity contribution in [3.8, 4) is 0 Å². The number of anilines is 1. The maximum Gasteiger partial charge on any atom is 0.274 e. The largest absolute Gasteiger partial charge is 0.318 e. The molecule has 0 unspecified atom stereocenters. The van der Waals surface area contributed by atoms with Gasteiger partial charge in [0.15, 0.2) is 17.5 Å². The highest BCUT2D eigenvalue weighted by atomic mass is 79.9. The Labute approximate surface area is 137 Å². The Bertz CT molecular complexity index is 939. The zero-order valence-corrected chi connectivity index (χ0v) is 13.3. The van der Waals surface area contributed by atoms with E-state index in [1.807, 2.05) is 0 Å². The molecule has 2 aromatic heterocycles. The highest BCUT2D eigenvalue weighted by Gasteiger charge is 2.20. The number of hydrogen-bond acceptors (Lipinski definition) is 2. The van der Waals surface area contributed by atoms with Gasteiger partial charge in [-0.15, -0.1) is 0 Å². The number of aryl methyl sites for hydroxylation is 1. The van der Waals surface area contributed by atoms with Gasteiger partial charge in [0.05, 0.1) is 11.4 Å². The SMILES string of the molecule is Cc1nc2ccc(Br)cn2c1C(=O)Nc1ccc(F)c(F)c1F. The summed E-state index contributed by atoms with van der Waals surface area (Å²) in [6.45, 7) is 1.62. The number of pyridine rings is 1. The van der Waals surface area contributed by atoms with Crippen LogP contribution in [0.3, 0.4) is 0 Å². The normalized spacial score (nSPS) is 11.0. The summed E-state index contributed by atoms with van der Waals surface area (Å²) in [5.41, 5.74) is 0.675. The summed E-state index contributed by atoms with van der Waals surface area (Å²) in [4.78, 5) is 16.6. The summed E-state index contributed by atoms with van der Waals surface area (Å²) in [7, 11) is 0. The highest BCUT2D eigenvalue weighted by Crippen LogP contribution is 2.22. The van der Waals surface area contributed by atoms with Crippen LogP contribution in [0.25, 0.3) is 5.65 Å². The Morgan fingerprint density at radius 1 is 1.17 bits per heavy atom. The Morgan fingerprint density at radius 3 is 2.65 bits per heavy atom. The molecule has 0 saturated carbocycles. The maximum atomic E-state index is 13.7. The molecule has 0 saturated heterocycles. The van der Waals surface area contributed by atoms with E-state index in [4.69, 9.17) is 0 Å². The molecule has 23 heavy (non-hydrogen) atoms. The van der Waals surface area contributed by atoms with Crippen molar-refractivity contribution < 1.29 is 18.0 Å². The number of hydrogen-bond donors (Lipinski definition) is 1. The number of aromatic nitrogens is 2. The molecule has 0 aliphatic heterocycles. The van der Waals surface area contributed by atoms with Gasteiger partial charge in [-0.2, -0.15) is 0 Å². The van der Waals surface area contributed by atoms with Crippen molar-refractivity contribution in [1.29, 1.82) is 0 Å². The number of nitrogens with zero attached hydrogens (tertiary/aromatic N) is 2. The Balaban J connectivity index is 2.03. The van der Waals surface area contributed by atoms with E-state index in [2.05, 4.69) is 26.2 Å². The summed E-state index contributed by atoms with van der Waals surface area (Å²) in [5, 5.41) is 2.24. The molecule has 118 valence electrons. The molecular formula is C15H9BrF3N3O. The number of carbonyl (C=O) groups is 1. The first-order valence-corrected chi connectivity index (χ1v) is 7.27. The van der Waals surface area contributed by atoms with Crippen molar-refractivity contribution in [3.63, 3.8) is 0 Å². The van der Waals surface area contributed by atoms with E-state index in [-0.39, 0.29) is 5.69 Å². The third-order valence-corrected chi connectivity index (χ3v) is 3.72. The minimum atomic E-state index is -1.64. The minimum absolute atomic E-state index is 0.172. The first-order valence-electron chi connectivity index (χ1n) is 6.47. The van der Waals surface area contributed by atoms with Crippen molar-refractivity contribution in [2.24, 2.45) is 0 Å². The molecule has 0 atom stereocenters. The molecule has 3 rings (SSSR count). The molecule has 1 N–H and O–H groups in total. The van der Waals surface area contributed by atoms with Gasteiger partial charge >= 0.3 is 0 Å². The second-order valence-corrected chi connectivity index (χ2v) is 5.71. The lowest BCUT2D eigenvalue weighted by Gasteiger charge is -2.08. The number of amides is 1. The van der Waals surface area contributed by atoms with Crippen LogP contribution in [0, 0.1) is 24.4 Å². The third kappa shape index (κ3) is 2.70. The standard InChI is InChI=1S/C15H9BrF3N3O/c1-7-14(22-6-8(16)2-5-11(22)20-7)15(23)21-10-4-3-9(17)12(18)13(10)19/h2-6H,1H3,(H,21,23). The van der Waals surface area contributed by atoms with Gasteiger partial charge in [-0.25, -0.2) is 18.2 Å². The van der Waals surface area contributed by atoms with Crippen LogP contribution in [0.4, 0.5) is 18.9 Å². The summed E-state index contributed by atoms with van der Waals surface area (Å²) in [6, 6.07) is 5.16. The molecule has 0 aliphatic rings. The number of halogens is 4. The van der Waals surface area contributed by atoms with Gasteiger partial charge in [0.1, 0.15) is 11.3 Å². The number of rotatable bonds is 2. The van der Waals surface area contributed by atoms with Gasteiger partial charge in [0, 0.05) is 10.7 Å². The lowest BCUT2D eigenvalue weighted by Crippen LogP contribution is -2.17. The first-order chi connectivity index (χ1) is 10.9. The minimum Gasteiger partial charge on any atom is -0.318 e. The van der Waals surface area contributed by atoms with Gasteiger partial charge in [0.25, 0.3) is 5.91 Å². The van der Waals surface area contributed by atoms with Crippen LogP contribution in [-0.2, 0) is 0 Å². The predicted molar refractivity (Wildman–Crippen MR) is 81.9 cm³/mol. The van der Waals surface area contributed by atoms with E-state index in [0.29, 0.717) is 11.3 Å². The van der Waals surface area contributed by atoms with E-state index in [0.717, 1.165) is 16.6 Å². The first kappa shape index (κ1) is 15.5. The van der Waals surface area contributed by atoms with E-state index in [1.165, 1.54) is 4.40 Å². The molecular weight excluding hydrogens is 375 g/mol. The molecule has 4 nitrogen and oxygen atoms in total. The van der Waals surface area contributed by atoms with Crippen LogP contribution in [0.15, 0.2) is 34.9 Å². The smallest absolute Gasteiger partial charge is 0.274 e. The van der Waals surface area contributed by atoms with E-state index >= 15 is 0 Å². The molecule has 8 heteroatoms. The molecule has 0 spiro atoms. The Kier molecular flexibility index (Phi) is 3.85. The monoisotopic (exact) mass is 383 g/mol. The topological polar surface area (TPSA) is 46.4 Å². The van der Waals surface area contributed by atoms with Crippen LogP contribution in [-0.4, -0.2) is 15.3 Å². The van der Waals surface area contributed by atoms with Gasteiger partial charge in [0.2, 0.25) is 0 Å².